The fourth-order valence-corrected chi connectivity index (χ4v) is 8.74. The minimum Gasteiger partial charge on any atom is -0.497 e. The number of ether oxygens (including phenoxy) is 4. The summed E-state index contributed by atoms with van der Waals surface area (Å²) in [5.41, 5.74) is 7.46. The second kappa shape index (κ2) is 17.7. The van der Waals surface area contributed by atoms with E-state index in [9.17, 15) is 10.1 Å². The average molecular weight is 770 g/mol. The molecule has 14 nitrogen and oxygen atoms in total. The molecule has 1 unspecified atom stereocenters. The molecule has 1 fully saturated rings. The molecule has 0 aliphatic carbocycles. The Morgan fingerprint density at radius 3 is 2.15 bits per heavy atom. The Morgan fingerprint density at radius 1 is 0.982 bits per heavy atom. The predicted molar refractivity (Wildman–Crippen MR) is 209 cm³/mol. The van der Waals surface area contributed by atoms with Crippen LogP contribution in [0.25, 0.3) is 11.2 Å². The summed E-state index contributed by atoms with van der Waals surface area (Å²) in [7, 11) is 1.62. The number of anilines is 1. The number of nitrogens with one attached hydrogen (secondary N) is 1. The molecule has 4 atom stereocenters. The molecule has 1 saturated heterocycles. The number of fused-ring (bicyclic) bond motifs is 1. The normalized spacial score (nSPS) is 17.9. The highest BCUT2D eigenvalue weighted by molar-refractivity contribution is 7.44. The van der Waals surface area contributed by atoms with Crippen LogP contribution in [0.3, 0.4) is 0 Å². The van der Waals surface area contributed by atoms with Gasteiger partial charge in [0.25, 0.3) is 14.1 Å². The van der Waals surface area contributed by atoms with Crippen LogP contribution in [0.2, 0.25) is 0 Å². The molecule has 3 aromatic carbocycles. The number of nitrogens with zero attached hydrogens (tertiary/aromatic N) is 5. The summed E-state index contributed by atoms with van der Waals surface area (Å²) >= 11 is 0. The molecule has 0 amide bonds. The van der Waals surface area contributed by atoms with Gasteiger partial charge in [0.1, 0.15) is 29.4 Å². The lowest BCUT2D eigenvalue weighted by molar-refractivity contribution is -0.0912. The Labute approximate surface area is 322 Å². The number of rotatable bonds is 17. The summed E-state index contributed by atoms with van der Waals surface area (Å²) < 4.78 is 42.3. The summed E-state index contributed by atoms with van der Waals surface area (Å²) in [4.78, 5) is 24.0. The number of nitrogens with two attached hydrogens (primary N) is 1. The molecule has 15 heteroatoms. The molecule has 1 aliphatic heterocycles. The standard InChI is InChI=1S/C40H48N7O7P/c1-26(2)47(27(3)4)55(52-22-10-21-41)54-33-23-35(46-25-43-36-37(46)44-39(42)45-38(36)48)53-34(33)24-51-40(28-11-8-7-9-12-28,29-13-17-31(49-5)18-14-29)30-15-19-32(50-6)20-16-30/h7-9,11-20,25-27,33-35H,10,22-24H2,1-6H3,(H3,42,44,45,48)/t33-,34+,35+,55?/m0/s1. The molecule has 55 heavy (non-hydrogen) atoms. The maximum Gasteiger partial charge on any atom is 0.280 e. The van der Waals surface area contributed by atoms with Crippen LogP contribution in [0.4, 0.5) is 5.95 Å². The van der Waals surface area contributed by atoms with Crippen molar-refractivity contribution in [2.75, 3.05) is 33.2 Å². The molecule has 3 N–H and O–H groups in total. The fraction of sp³-hybridized carbons (Fsp3) is 0.400. The third-order valence-electron chi connectivity index (χ3n) is 9.47. The molecule has 0 saturated carbocycles. The van der Waals surface area contributed by atoms with Crippen LogP contribution >= 0.6 is 8.53 Å². The predicted octanol–water partition coefficient (Wildman–Crippen LogP) is 6.68. The molecular weight excluding hydrogens is 721 g/mol. The minimum absolute atomic E-state index is 0.0320. The average Bonchev–Trinajstić information content (AvgIpc) is 3.79. The Kier molecular flexibility index (Phi) is 12.8. The Balaban J connectivity index is 1.44. The summed E-state index contributed by atoms with van der Waals surface area (Å²) in [6.45, 7) is 8.63. The van der Waals surface area contributed by atoms with Gasteiger partial charge >= 0.3 is 0 Å². The van der Waals surface area contributed by atoms with E-state index >= 15 is 0 Å². The van der Waals surface area contributed by atoms with Crippen LogP contribution < -0.4 is 20.8 Å². The zero-order chi connectivity index (χ0) is 39.1. The van der Waals surface area contributed by atoms with Crippen molar-refractivity contribution in [3.05, 3.63) is 112 Å². The lowest BCUT2D eigenvalue weighted by Crippen LogP contribution is -2.39. The summed E-state index contributed by atoms with van der Waals surface area (Å²) in [5, 5.41) is 9.34. The lowest BCUT2D eigenvalue weighted by atomic mass is 9.80. The monoisotopic (exact) mass is 769 g/mol. The van der Waals surface area contributed by atoms with Crippen LogP contribution in [0.1, 0.15) is 63.5 Å². The van der Waals surface area contributed by atoms with Crippen molar-refractivity contribution >= 4 is 25.6 Å². The molecule has 290 valence electrons. The van der Waals surface area contributed by atoms with Gasteiger partial charge in [0.05, 0.1) is 52.4 Å². The largest absolute Gasteiger partial charge is 0.497 e. The number of nitriles is 1. The van der Waals surface area contributed by atoms with Crippen LogP contribution in [0.15, 0.2) is 90.0 Å². The highest BCUT2D eigenvalue weighted by Gasteiger charge is 2.45. The van der Waals surface area contributed by atoms with Crippen molar-refractivity contribution in [1.82, 2.24) is 24.2 Å². The number of hydrogen-bond donors (Lipinski definition) is 2. The van der Waals surface area contributed by atoms with E-state index in [0.29, 0.717) is 23.6 Å². The number of H-pyrrole nitrogens is 1. The number of methoxy groups -OCH3 is 2. The van der Waals surface area contributed by atoms with Gasteiger partial charge in [-0.1, -0.05) is 54.6 Å². The number of imidazole rings is 1. The third-order valence-corrected chi connectivity index (χ3v) is 11.6. The second-order valence-corrected chi connectivity index (χ2v) is 15.1. The molecule has 0 bridgehead atoms. The van der Waals surface area contributed by atoms with Crippen LogP contribution in [0.5, 0.6) is 11.5 Å². The molecule has 0 radical (unpaired) electrons. The van der Waals surface area contributed by atoms with Crippen molar-refractivity contribution in [2.24, 2.45) is 0 Å². The van der Waals surface area contributed by atoms with Gasteiger partial charge in [-0.25, -0.2) is 9.65 Å². The Bertz CT molecular complexity index is 2050. The molecular formula is C40H48N7O7P. The fourth-order valence-electron chi connectivity index (χ4n) is 6.98. The maximum absolute atomic E-state index is 12.7. The van der Waals surface area contributed by atoms with Gasteiger partial charge in [0.15, 0.2) is 11.2 Å². The number of benzene rings is 3. The van der Waals surface area contributed by atoms with Gasteiger partial charge in [-0.2, -0.15) is 10.2 Å². The van der Waals surface area contributed by atoms with E-state index in [0.717, 1.165) is 16.7 Å². The number of nitrogen functional groups attached to an aromatic ring is 1. The number of aromatic nitrogens is 4. The summed E-state index contributed by atoms with van der Waals surface area (Å²) in [6, 6.07) is 28.0. The van der Waals surface area contributed by atoms with E-state index in [1.54, 1.807) is 18.8 Å². The Hall–Kier alpha value is -4.87. The van der Waals surface area contributed by atoms with Crippen LogP contribution in [0, 0.1) is 11.3 Å². The molecule has 6 rings (SSSR count). The van der Waals surface area contributed by atoms with E-state index in [2.05, 4.69) is 53.4 Å². The molecule has 0 spiro atoms. The summed E-state index contributed by atoms with van der Waals surface area (Å²) in [5.74, 6) is 1.39. The zero-order valence-corrected chi connectivity index (χ0v) is 32.8. The topological polar surface area (TPSA) is 172 Å². The van der Waals surface area contributed by atoms with Crippen molar-refractivity contribution < 1.29 is 28.0 Å². The first-order valence-corrected chi connectivity index (χ1v) is 19.3. The van der Waals surface area contributed by atoms with Gasteiger partial charge in [0, 0.05) is 18.5 Å². The van der Waals surface area contributed by atoms with E-state index in [1.165, 1.54) is 6.33 Å². The van der Waals surface area contributed by atoms with Gasteiger partial charge in [-0.15, -0.1) is 0 Å². The zero-order valence-electron chi connectivity index (χ0n) is 31.9. The first kappa shape index (κ1) is 39.8. The highest BCUT2D eigenvalue weighted by Crippen LogP contribution is 2.51. The van der Waals surface area contributed by atoms with Gasteiger partial charge in [-0.05, 0) is 68.7 Å². The Morgan fingerprint density at radius 2 is 1.58 bits per heavy atom. The third kappa shape index (κ3) is 8.53. The quantitative estimate of drug-likeness (QED) is 0.0585. The van der Waals surface area contributed by atoms with Crippen molar-refractivity contribution in [3.63, 3.8) is 0 Å². The van der Waals surface area contributed by atoms with E-state index in [1.807, 2.05) is 78.9 Å². The van der Waals surface area contributed by atoms with Gasteiger partial charge in [-0.3, -0.25) is 14.3 Å². The van der Waals surface area contributed by atoms with E-state index in [4.69, 9.17) is 33.7 Å². The van der Waals surface area contributed by atoms with E-state index < -0.39 is 38.1 Å². The van der Waals surface area contributed by atoms with Crippen molar-refractivity contribution in [2.45, 2.75) is 76.7 Å². The van der Waals surface area contributed by atoms with Gasteiger partial charge < -0.3 is 33.7 Å². The van der Waals surface area contributed by atoms with Crippen LogP contribution in [-0.4, -0.2) is 75.9 Å². The first-order valence-electron chi connectivity index (χ1n) is 18.2. The second-order valence-electron chi connectivity index (χ2n) is 13.6. The SMILES string of the molecule is COc1ccc(C(OC[C@H]2O[C@@H](n3cnc4c(=O)[nH]c(N)nc43)C[C@@H]2OP(OCCC#N)N(C(C)C)C(C)C)(c2ccccc2)c2ccc(OC)cc2)cc1. The van der Waals surface area contributed by atoms with Crippen molar-refractivity contribution in [3.8, 4) is 17.6 Å². The van der Waals surface area contributed by atoms with E-state index in [-0.39, 0.29) is 43.2 Å². The molecule has 2 aromatic heterocycles. The van der Waals surface area contributed by atoms with Crippen molar-refractivity contribution in [1.29, 1.82) is 5.26 Å². The number of aromatic amines is 1. The minimum atomic E-state index is -1.65. The smallest absolute Gasteiger partial charge is 0.280 e. The van der Waals surface area contributed by atoms with Crippen LogP contribution in [-0.2, 0) is 24.1 Å². The molecule has 5 aromatic rings. The van der Waals surface area contributed by atoms with Gasteiger partial charge in [0.2, 0.25) is 5.95 Å². The highest BCUT2D eigenvalue weighted by atomic mass is 31.2. The maximum atomic E-state index is 12.7. The molecule has 1 aliphatic rings. The lowest BCUT2D eigenvalue weighted by Gasteiger charge is -2.39. The number of hydrogen-bond acceptors (Lipinski definition) is 12. The summed E-state index contributed by atoms with van der Waals surface area (Å²) in [6.07, 6.45) is 0.243. The first-order chi connectivity index (χ1) is 26.6. The molecule has 3 heterocycles.